The molecule has 0 aliphatic heterocycles. The first kappa shape index (κ1) is 9.39. The Morgan fingerprint density at radius 1 is 1.36 bits per heavy atom. The first-order chi connectivity index (χ1) is 6.77. The first-order valence-corrected chi connectivity index (χ1v) is 5.10. The van der Waals surface area contributed by atoms with Gasteiger partial charge in [-0.3, -0.25) is 0 Å². The van der Waals surface area contributed by atoms with Crippen molar-refractivity contribution in [3.63, 3.8) is 0 Å². The lowest BCUT2D eigenvalue weighted by atomic mass is 10.2. The van der Waals surface area contributed by atoms with E-state index in [-0.39, 0.29) is 0 Å². The van der Waals surface area contributed by atoms with E-state index in [1.54, 1.807) is 12.3 Å². The summed E-state index contributed by atoms with van der Waals surface area (Å²) in [5.74, 6) is 0.657. The maximum absolute atomic E-state index is 5.70. The van der Waals surface area contributed by atoms with Gasteiger partial charge in [-0.2, -0.15) is 0 Å². The van der Waals surface area contributed by atoms with Crippen LogP contribution in [0.3, 0.4) is 0 Å². The van der Waals surface area contributed by atoms with Crippen molar-refractivity contribution < 1.29 is 0 Å². The van der Waals surface area contributed by atoms with Crippen molar-refractivity contribution in [2.45, 2.75) is 0 Å². The topological polar surface area (TPSA) is 51.8 Å². The monoisotopic (exact) mass is 296 g/mol. The molecule has 1 heterocycles. The highest BCUT2D eigenvalue weighted by Crippen LogP contribution is 2.23. The summed E-state index contributed by atoms with van der Waals surface area (Å²) in [6, 6.07) is 7.34. The molecule has 4 heteroatoms. The number of nitrogens with two attached hydrogens (primary N) is 1. The van der Waals surface area contributed by atoms with Gasteiger partial charge in [0.2, 0.25) is 0 Å². The quantitative estimate of drug-likeness (QED) is 0.648. The van der Waals surface area contributed by atoms with Crippen LogP contribution in [0.15, 0.2) is 30.5 Å². The van der Waals surface area contributed by atoms with Gasteiger partial charge in [0.05, 0.1) is 6.20 Å². The number of hydrogen-bond donors (Lipinski definition) is 1. The molecule has 2 rings (SSSR count). The van der Waals surface area contributed by atoms with E-state index >= 15 is 0 Å². The summed E-state index contributed by atoms with van der Waals surface area (Å²) in [5.41, 5.74) is 7.36. The number of rotatable bonds is 1. The number of hydrogen-bond acceptors (Lipinski definition) is 3. The van der Waals surface area contributed by atoms with Crippen molar-refractivity contribution in [1.82, 2.24) is 9.97 Å². The van der Waals surface area contributed by atoms with Crippen LogP contribution in [0.25, 0.3) is 11.4 Å². The van der Waals surface area contributed by atoms with E-state index in [1.165, 1.54) is 0 Å². The Hall–Kier alpha value is -1.17. The second kappa shape index (κ2) is 3.91. The van der Waals surface area contributed by atoms with E-state index in [2.05, 4.69) is 38.8 Å². The van der Waals surface area contributed by atoms with Crippen molar-refractivity contribution in [2.75, 3.05) is 5.73 Å². The summed E-state index contributed by atoms with van der Waals surface area (Å²) < 4.78 is 1.08. The van der Waals surface area contributed by atoms with E-state index in [1.807, 2.05) is 18.2 Å². The third-order valence-electron chi connectivity index (χ3n) is 1.75. The number of aromatic nitrogens is 2. The normalized spacial score (nSPS) is 10.1. The lowest BCUT2D eigenvalue weighted by molar-refractivity contribution is 1.16. The molecule has 14 heavy (non-hydrogen) atoms. The fourth-order valence-corrected chi connectivity index (χ4v) is 1.69. The Morgan fingerprint density at radius 2 is 2.21 bits per heavy atom. The molecule has 2 aromatic rings. The zero-order chi connectivity index (χ0) is 9.97. The molecule has 2 N–H and O–H groups in total. The number of nitrogen functional groups attached to an aromatic ring is 1. The van der Waals surface area contributed by atoms with Crippen LogP contribution in [0.4, 0.5) is 5.69 Å². The molecule has 69 valence electrons. The van der Waals surface area contributed by atoms with Gasteiger partial charge >= 0.3 is 0 Å². The van der Waals surface area contributed by atoms with Crippen molar-refractivity contribution in [2.24, 2.45) is 0 Å². The van der Waals surface area contributed by atoms with Crippen LogP contribution in [0, 0.1) is 9.77 Å². The summed E-state index contributed by atoms with van der Waals surface area (Å²) in [6.45, 7) is 0. The predicted octanol–water partition coefficient (Wildman–Crippen LogP) is 2.13. The lowest BCUT2D eigenvalue weighted by Gasteiger charge is -2.03. The minimum absolute atomic E-state index is 0.657. The molecule has 1 aromatic heterocycles. The van der Waals surface area contributed by atoms with Crippen LogP contribution in [0.5, 0.6) is 0 Å². The van der Waals surface area contributed by atoms with Crippen molar-refractivity contribution in [3.05, 3.63) is 40.2 Å². The molecule has 0 unspecified atom stereocenters. The Labute approximate surface area is 95.5 Å². The van der Waals surface area contributed by atoms with E-state index in [0.29, 0.717) is 11.5 Å². The van der Waals surface area contributed by atoms with Gasteiger partial charge in [0, 0.05) is 21.0 Å². The summed E-state index contributed by atoms with van der Waals surface area (Å²) in [7, 11) is 0. The van der Waals surface area contributed by atoms with E-state index < -0.39 is 0 Å². The average molecular weight is 296 g/mol. The largest absolute Gasteiger partial charge is 0.399 e. The highest BCUT2D eigenvalue weighted by atomic mass is 127. The number of benzene rings is 1. The zero-order valence-electron chi connectivity index (χ0n) is 7.24. The lowest BCUT2D eigenvalue weighted by Crippen LogP contribution is -1.92. The summed E-state index contributed by atoms with van der Waals surface area (Å²) >= 11 is 2.23. The van der Waals surface area contributed by atoms with Crippen molar-refractivity contribution >= 4 is 28.3 Å². The second-order valence-corrected chi connectivity index (χ2v) is 3.91. The Balaban J connectivity index is 2.57. The van der Waals surface area contributed by atoms with Gasteiger partial charge in [0.25, 0.3) is 0 Å². The minimum Gasteiger partial charge on any atom is -0.399 e. The van der Waals surface area contributed by atoms with E-state index in [9.17, 15) is 0 Å². The first-order valence-electron chi connectivity index (χ1n) is 4.02. The zero-order valence-corrected chi connectivity index (χ0v) is 9.39. The van der Waals surface area contributed by atoms with Crippen LogP contribution in [0.2, 0.25) is 0 Å². The molecule has 0 spiro atoms. The van der Waals surface area contributed by atoms with Crippen LogP contribution >= 0.6 is 22.6 Å². The van der Waals surface area contributed by atoms with Gasteiger partial charge in [-0.05, 0) is 46.9 Å². The fraction of sp³-hybridized carbons (Fsp3) is 0. The van der Waals surface area contributed by atoms with Gasteiger partial charge < -0.3 is 5.73 Å². The van der Waals surface area contributed by atoms with Gasteiger partial charge in [-0.1, -0.05) is 0 Å². The molecule has 0 atom stereocenters. The molecule has 0 bridgehead atoms. The highest BCUT2D eigenvalue weighted by molar-refractivity contribution is 14.1. The van der Waals surface area contributed by atoms with Crippen LogP contribution in [0.1, 0.15) is 0 Å². The Bertz CT molecular complexity index is 442. The molecule has 1 radical (unpaired) electrons. The molecule has 1 aromatic carbocycles. The maximum Gasteiger partial charge on any atom is 0.160 e. The summed E-state index contributed by atoms with van der Waals surface area (Å²) in [5, 5.41) is 0. The fourth-order valence-electron chi connectivity index (χ4n) is 1.11. The average Bonchev–Trinajstić information content (AvgIpc) is 2.23. The molecular weight excluding hydrogens is 289 g/mol. The van der Waals surface area contributed by atoms with E-state index in [0.717, 1.165) is 9.13 Å². The second-order valence-electron chi connectivity index (χ2n) is 2.75. The van der Waals surface area contributed by atoms with Crippen molar-refractivity contribution in [1.29, 1.82) is 0 Å². The maximum atomic E-state index is 5.70. The Kier molecular flexibility index (Phi) is 2.62. The molecule has 0 fully saturated rings. The molecule has 3 nitrogen and oxygen atoms in total. The number of anilines is 1. The smallest absolute Gasteiger partial charge is 0.160 e. The molecule has 0 amide bonds. The third-order valence-corrected chi connectivity index (χ3v) is 2.69. The van der Waals surface area contributed by atoms with Crippen LogP contribution in [-0.2, 0) is 0 Å². The van der Waals surface area contributed by atoms with Gasteiger partial charge in [0.15, 0.2) is 5.82 Å². The van der Waals surface area contributed by atoms with Gasteiger partial charge in [0.1, 0.15) is 0 Å². The van der Waals surface area contributed by atoms with Crippen LogP contribution in [-0.4, -0.2) is 9.97 Å². The van der Waals surface area contributed by atoms with E-state index in [4.69, 9.17) is 5.73 Å². The number of nitrogens with zero attached hydrogens (tertiary/aromatic N) is 2. The van der Waals surface area contributed by atoms with Crippen molar-refractivity contribution in [3.8, 4) is 11.4 Å². The summed E-state index contributed by atoms with van der Waals surface area (Å²) in [4.78, 5) is 8.20. The SMILES string of the molecule is Nc1ccc(I)c(-c2n[c]ccn2)c1. The highest BCUT2D eigenvalue weighted by Gasteiger charge is 2.04. The number of halogens is 1. The molecule has 0 aliphatic carbocycles. The third kappa shape index (κ3) is 1.84. The minimum atomic E-state index is 0.657. The van der Waals surface area contributed by atoms with Gasteiger partial charge in [-0.15, -0.1) is 0 Å². The predicted molar refractivity (Wildman–Crippen MR) is 63.4 cm³/mol. The molecule has 0 saturated heterocycles. The Morgan fingerprint density at radius 3 is 2.93 bits per heavy atom. The van der Waals surface area contributed by atoms with Gasteiger partial charge in [-0.25, -0.2) is 9.97 Å². The molecular formula is C10H7IN3. The van der Waals surface area contributed by atoms with Crippen LogP contribution < -0.4 is 5.73 Å². The standard InChI is InChI=1S/C10H7IN3/c11-9-3-2-7(12)6-8(9)10-13-4-1-5-14-10/h1-4,6H,12H2. The summed E-state index contributed by atoms with van der Waals surface area (Å²) in [6.07, 6.45) is 4.42. The molecule has 0 aliphatic rings. The molecule has 0 saturated carbocycles.